The first-order valence-corrected chi connectivity index (χ1v) is 7.50. The van der Waals surface area contributed by atoms with E-state index in [0.717, 1.165) is 3.79 Å². The Hall–Kier alpha value is -0.460. The average Bonchev–Trinajstić information content (AvgIpc) is 2.68. The van der Waals surface area contributed by atoms with E-state index in [1.54, 1.807) is 6.20 Å². The molecule has 1 aliphatic carbocycles. The highest BCUT2D eigenvalue weighted by molar-refractivity contribution is 9.11. The smallest absolute Gasteiger partial charge is 0.316 e. The van der Waals surface area contributed by atoms with E-state index in [2.05, 4.69) is 20.9 Å². The molecule has 1 heterocycles. The van der Waals surface area contributed by atoms with E-state index in [1.807, 2.05) is 13.8 Å². The zero-order valence-electron chi connectivity index (χ0n) is 10.4. The van der Waals surface area contributed by atoms with Crippen molar-refractivity contribution in [1.29, 1.82) is 0 Å². The van der Waals surface area contributed by atoms with Gasteiger partial charge in [-0.3, -0.25) is 4.79 Å². The van der Waals surface area contributed by atoms with E-state index in [0.29, 0.717) is 24.5 Å². The molecule has 2 unspecified atom stereocenters. The van der Waals surface area contributed by atoms with E-state index in [9.17, 15) is 9.90 Å². The topological polar surface area (TPSA) is 59.4 Å². The Kier molecular flexibility index (Phi) is 4.08. The van der Waals surface area contributed by atoms with Crippen LogP contribution in [-0.4, -0.2) is 22.2 Å². The molecule has 0 radical (unpaired) electrons. The number of carbonyl (C=O) groups excluding carboxylic acids is 1. The first kappa shape index (κ1) is 14.0. The van der Waals surface area contributed by atoms with Crippen LogP contribution in [0.2, 0.25) is 0 Å². The van der Waals surface area contributed by atoms with Crippen molar-refractivity contribution in [2.45, 2.75) is 39.2 Å². The Balaban J connectivity index is 1.98. The third kappa shape index (κ3) is 3.10. The minimum Gasteiger partial charge on any atom is -0.398 e. The summed E-state index contributed by atoms with van der Waals surface area (Å²) in [5.74, 6) is -0.386. The van der Waals surface area contributed by atoms with Gasteiger partial charge in [-0.2, -0.15) is 0 Å². The van der Waals surface area contributed by atoms with Crippen molar-refractivity contribution >= 4 is 33.2 Å². The molecule has 1 aromatic rings. The van der Waals surface area contributed by atoms with Crippen molar-refractivity contribution in [1.82, 2.24) is 4.98 Å². The first-order chi connectivity index (χ1) is 8.38. The average molecular weight is 334 g/mol. The van der Waals surface area contributed by atoms with E-state index in [1.165, 1.54) is 11.3 Å². The molecule has 2 rings (SSSR count). The van der Waals surface area contributed by atoms with Crippen molar-refractivity contribution in [3.05, 3.63) is 9.98 Å². The highest BCUT2D eigenvalue weighted by Crippen LogP contribution is 2.39. The zero-order valence-corrected chi connectivity index (χ0v) is 12.8. The monoisotopic (exact) mass is 333 g/mol. The van der Waals surface area contributed by atoms with Gasteiger partial charge < -0.3 is 9.84 Å². The molecule has 6 heteroatoms. The molecule has 1 saturated carbocycles. The van der Waals surface area contributed by atoms with E-state index in [4.69, 9.17) is 4.74 Å². The molecule has 0 saturated heterocycles. The fourth-order valence-electron chi connectivity index (χ4n) is 2.28. The van der Waals surface area contributed by atoms with Gasteiger partial charge in [0.15, 0.2) is 0 Å². The van der Waals surface area contributed by atoms with Gasteiger partial charge in [0.05, 0.1) is 22.0 Å². The number of nitrogens with zero attached hydrogens (tertiary/aromatic N) is 1. The number of aromatic nitrogens is 1. The molecule has 1 N–H and O–H groups in total. The first-order valence-electron chi connectivity index (χ1n) is 5.89. The number of hydrogen-bond acceptors (Lipinski definition) is 5. The van der Waals surface area contributed by atoms with E-state index in [-0.39, 0.29) is 23.4 Å². The summed E-state index contributed by atoms with van der Waals surface area (Å²) in [6.45, 7) is 3.97. The second-order valence-corrected chi connectivity index (χ2v) is 7.71. The molecule has 0 aromatic carbocycles. The van der Waals surface area contributed by atoms with Crippen LogP contribution in [0.1, 0.15) is 33.1 Å². The van der Waals surface area contributed by atoms with Crippen LogP contribution in [0.5, 0.6) is 5.19 Å². The summed E-state index contributed by atoms with van der Waals surface area (Å²) in [7, 11) is 0. The van der Waals surface area contributed by atoms with Crippen molar-refractivity contribution in [3.8, 4) is 5.19 Å². The third-order valence-electron chi connectivity index (χ3n) is 3.44. The lowest BCUT2D eigenvalue weighted by Gasteiger charge is -2.38. The Labute approximate surface area is 119 Å². The number of carbonyl (C=O) groups is 1. The Morgan fingerprint density at radius 1 is 1.61 bits per heavy atom. The summed E-state index contributed by atoms with van der Waals surface area (Å²) in [5.41, 5.74) is -0.231. The number of rotatable bonds is 2. The minimum atomic E-state index is -0.337. The van der Waals surface area contributed by atoms with Crippen LogP contribution in [-0.2, 0) is 4.79 Å². The Bertz CT molecular complexity index is 446. The van der Waals surface area contributed by atoms with Crippen LogP contribution in [0.3, 0.4) is 0 Å². The molecule has 0 aliphatic heterocycles. The fourth-order valence-corrected chi connectivity index (χ4v) is 3.30. The van der Waals surface area contributed by atoms with Gasteiger partial charge in [-0.25, -0.2) is 4.98 Å². The number of halogens is 1. The summed E-state index contributed by atoms with van der Waals surface area (Å²) in [6.07, 6.45) is 3.25. The summed E-state index contributed by atoms with van der Waals surface area (Å²) in [4.78, 5) is 16.0. The maximum atomic E-state index is 12.0. The van der Waals surface area contributed by atoms with Gasteiger partial charge in [0.1, 0.15) is 0 Å². The van der Waals surface area contributed by atoms with Crippen LogP contribution < -0.4 is 4.74 Å². The third-order valence-corrected chi connectivity index (χ3v) is 4.79. The van der Waals surface area contributed by atoms with Crippen molar-refractivity contribution < 1.29 is 14.6 Å². The van der Waals surface area contributed by atoms with E-state index < -0.39 is 0 Å². The van der Waals surface area contributed by atoms with Gasteiger partial charge in [-0.15, -0.1) is 0 Å². The summed E-state index contributed by atoms with van der Waals surface area (Å²) in [6, 6.07) is 0. The van der Waals surface area contributed by atoms with Crippen LogP contribution in [0.25, 0.3) is 0 Å². The zero-order chi connectivity index (χ0) is 13.3. The van der Waals surface area contributed by atoms with Gasteiger partial charge in [-0.05, 0) is 40.6 Å². The lowest BCUT2D eigenvalue weighted by molar-refractivity contribution is -0.143. The molecule has 0 amide bonds. The maximum absolute atomic E-state index is 12.0. The number of thiazole rings is 1. The molecular formula is C12H16BrNO3S. The molecule has 1 fully saturated rings. The molecular weight excluding hydrogens is 318 g/mol. The molecule has 4 nitrogen and oxygen atoms in total. The number of aliphatic hydroxyl groups is 1. The largest absolute Gasteiger partial charge is 0.398 e. The summed E-state index contributed by atoms with van der Waals surface area (Å²) in [5, 5.41) is 10.2. The normalized spacial score (nSPS) is 26.9. The van der Waals surface area contributed by atoms with Gasteiger partial charge in [0.25, 0.3) is 5.19 Å². The molecule has 1 aliphatic rings. The molecule has 2 atom stereocenters. The predicted octanol–water partition coefficient (Wildman–Crippen LogP) is 3.00. The summed E-state index contributed by atoms with van der Waals surface area (Å²) < 4.78 is 6.10. The standard InChI is InChI=1S/C12H16BrNO3S/c1-12(2)5-7(3-4-8(12)15)10(16)17-11-14-6-9(13)18-11/h6-8,15H,3-5H2,1-2H3. The molecule has 0 bridgehead atoms. The van der Waals surface area contributed by atoms with Crippen molar-refractivity contribution in [2.75, 3.05) is 0 Å². The van der Waals surface area contributed by atoms with Gasteiger partial charge >= 0.3 is 5.97 Å². The van der Waals surface area contributed by atoms with Crippen LogP contribution in [0, 0.1) is 11.3 Å². The van der Waals surface area contributed by atoms with E-state index >= 15 is 0 Å². The molecule has 100 valence electrons. The lowest BCUT2D eigenvalue weighted by Crippen LogP contribution is -2.39. The summed E-state index contributed by atoms with van der Waals surface area (Å²) >= 11 is 4.57. The second kappa shape index (κ2) is 5.27. The van der Waals surface area contributed by atoms with Gasteiger partial charge in [0, 0.05) is 0 Å². The lowest BCUT2D eigenvalue weighted by atomic mass is 9.70. The van der Waals surface area contributed by atoms with Crippen molar-refractivity contribution in [3.63, 3.8) is 0 Å². The number of aliphatic hydroxyl groups excluding tert-OH is 1. The van der Waals surface area contributed by atoms with Crippen LogP contribution in [0.4, 0.5) is 0 Å². The SMILES string of the molecule is CC1(C)CC(C(=O)Oc2ncc(Br)s2)CCC1O. The van der Waals surface area contributed by atoms with Crippen molar-refractivity contribution in [2.24, 2.45) is 11.3 Å². The Morgan fingerprint density at radius 2 is 2.33 bits per heavy atom. The number of ether oxygens (including phenoxy) is 1. The van der Waals surface area contributed by atoms with Gasteiger partial charge in [0.2, 0.25) is 0 Å². The number of esters is 1. The highest BCUT2D eigenvalue weighted by Gasteiger charge is 2.39. The number of hydrogen-bond donors (Lipinski definition) is 1. The quantitative estimate of drug-likeness (QED) is 0.845. The fraction of sp³-hybridized carbons (Fsp3) is 0.667. The maximum Gasteiger partial charge on any atom is 0.316 e. The van der Waals surface area contributed by atoms with Crippen LogP contribution >= 0.6 is 27.3 Å². The Morgan fingerprint density at radius 3 is 2.89 bits per heavy atom. The minimum absolute atomic E-state index is 0.147. The van der Waals surface area contributed by atoms with Crippen LogP contribution in [0.15, 0.2) is 9.98 Å². The predicted molar refractivity (Wildman–Crippen MR) is 72.6 cm³/mol. The highest BCUT2D eigenvalue weighted by atomic mass is 79.9. The second-order valence-electron chi connectivity index (χ2n) is 5.33. The molecule has 1 aromatic heterocycles. The van der Waals surface area contributed by atoms with Gasteiger partial charge in [-0.1, -0.05) is 25.2 Å². The molecule has 0 spiro atoms. The molecule has 18 heavy (non-hydrogen) atoms.